The summed E-state index contributed by atoms with van der Waals surface area (Å²) in [6.07, 6.45) is 5.02. The van der Waals surface area contributed by atoms with Gasteiger partial charge < -0.3 is 10.6 Å². The van der Waals surface area contributed by atoms with Crippen LogP contribution in [0.25, 0.3) is 0 Å². The van der Waals surface area contributed by atoms with Gasteiger partial charge in [0.25, 0.3) is 0 Å². The molecule has 0 bridgehead atoms. The molecule has 0 saturated carbocycles. The number of piperidine rings is 1. The number of nitrogens with zero attached hydrogens (tertiary/aromatic N) is 2. The van der Waals surface area contributed by atoms with Gasteiger partial charge in [-0.2, -0.15) is 5.10 Å². The molecular formula is C19H24Cl2N4O. The van der Waals surface area contributed by atoms with Gasteiger partial charge in [0.1, 0.15) is 5.54 Å². The molecule has 26 heavy (non-hydrogen) atoms. The van der Waals surface area contributed by atoms with Crippen molar-refractivity contribution >= 4 is 29.1 Å². The summed E-state index contributed by atoms with van der Waals surface area (Å²) in [5.74, 6) is 0.0100. The van der Waals surface area contributed by atoms with Crippen molar-refractivity contribution in [2.45, 2.75) is 37.6 Å². The van der Waals surface area contributed by atoms with E-state index in [2.05, 4.69) is 29.6 Å². The van der Waals surface area contributed by atoms with Crippen LogP contribution in [-0.2, 0) is 15.7 Å². The first-order chi connectivity index (χ1) is 12.3. The Labute approximate surface area is 164 Å². The fourth-order valence-corrected chi connectivity index (χ4v) is 3.71. The molecule has 140 valence electrons. The van der Waals surface area contributed by atoms with Gasteiger partial charge >= 0.3 is 0 Å². The second-order valence-corrected chi connectivity index (χ2v) is 8.24. The Morgan fingerprint density at radius 3 is 2.65 bits per heavy atom. The molecule has 0 aliphatic carbocycles. The highest BCUT2D eigenvalue weighted by molar-refractivity contribution is 6.42. The lowest BCUT2D eigenvalue weighted by molar-refractivity contribution is -0.132. The highest BCUT2D eigenvalue weighted by Gasteiger charge is 2.42. The zero-order valence-electron chi connectivity index (χ0n) is 15.1. The number of aromatic nitrogens is 2. The van der Waals surface area contributed by atoms with E-state index >= 15 is 0 Å². The summed E-state index contributed by atoms with van der Waals surface area (Å²) in [4.78, 5) is 13.2. The summed E-state index contributed by atoms with van der Waals surface area (Å²) in [6, 6.07) is 7.47. The van der Waals surface area contributed by atoms with E-state index in [0.29, 0.717) is 29.4 Å². The van der Waals surface area contributed by atoms with Crippen molar-refractivity contribution in [1.82, 2.24) is 20.4 Å². The van der Waals surface area contributed by atoms with E-state index in [1.54, 1.807) is 16.9 Å². The maximum absolute atomic E-state index is 13.2. The van der Waals surface area contributed by atoms with Gasteiger partial charge in [-0.3, -0.25) is 9.48 Å². The molecule has 1 aliphatic heterocycles. The minimum atomic E-state index is -0.636. The lowest BCUT2D eigenvalue weighted by Gasteiger charge is -2.37. The van der Waals surface area contributed by atoms with E-state index in [1.807, 2.05) is 24.4 Å². The van der Waals surface area contributed by atoms with Crippen molar-refractivity contribution in [3.8, 4) is 0 Å². The van der Waals surface area contributed by atoms with Crippen molar-refractivity contribution in [1.29, 1.82) is 0 Å². The van der Waals surface area contributed by atoms with E-state index < -0.39 is 5.54 Å². The number of hydrogen-bond donors (Lipinski definition) is 2. The van der Waals surface area contributed by atoms with Gasteiger partial charge in [0.15, 0.2) is 0 Å². The van der Waals surface area contributed by atoms with Gasteiger partial charge in [-0.15, -0.1) is 0 Å². The summed E-state index contributed by atoms with van der Waals surface area (Å²) >= 11 is 12.2. The first kappa shape index (κ1) is 19.2. The standard InChI is InChI=1S/C19H24Cl2N4O/c1-18(2,14-4-5-15(20)16(21)12-14)13-23-17(26)19(6-9-22-10-7-19)25-11-3-8-24-25/h3-5,8,11-12,22H,6-7,9-10,13H2,1-2H3,(H,23,26). The van der Waals surface area contributed by atoms with Gasteiger partial charge in [-0.05, 0) is 49.7 Å². The smallest absolute Gasteiger partial charge is 0.248 e. The molecule has 5 nitrogen and oxygen atoms in total. The lowest BCUT2D eigenvalue weighted by atomic mass is 9.83. The van der Waals surface area contributed by atoms with Crippen LogP contribution in [0.3, 0.4) is 0 Å². The van der Waals surface area contributed by atoms with Crippen LogP contribution in [0.4, 0.5) is 0 Å². The topological polar surface area (TPSA) is 59.0 Å². The number of hydrogen-bond acceptors (Lipinski definition) is 3. The van der Waals surface area contributed by atoms with Crippen LogP contribution in [-0.4, -0.2) is 35.3 Å². The van der Waals surface area contributed by atoms with E-state index in [0.717, 1.165) is 18.7 Å². The largest absolute Gasteiger partial charge is 0.353 e. The van der Waals surface area contributed by atoms with Crippen LogP contribution in [0.2, 0.25) is 10.0 Å². The molecule has 3 rings (SSSR count). The predicted octanol–water partition coefficient (Wildman–Crippen LogP) is 3.36. The van der Waals surface area contributed by atoms with Crippen LogP contribution in [0, 0.1) is 0 Å². The van der Waals surface area contributed by atoms with Crippen LogP contribution < -0.4 is 10.6 Å². The molecule has 1 fully saturated rings. The highest BCUT2D eigenvalue weighted by atomic mass is 35.5. The van der Waals surface area contributed by atoms with Gasteiger partial charge in [-0.25, -0.2) is 0 Å². The van der Waals surface area contributed by atoms with E-state index in [4.69, 9.17) is 23.2 Å². The number of carbonyl (C=O) groups is 1. The van der Waals surface area contributed by atoms with E-state index in [1.165, 1.54) is 0 Å². The predicted molar refractivity (Wildman–Crippen MR) is 105 cm³/mol. The minimum absolute atomic E-state index is 0.0100. The number of carbonyl (C=O) groups excluding carboxylic acids is 1. The number of benzene rings is 1. The Morgan fingerprint density at radius 2 is 2.04 bits per heavy atom. The van der Waals surface area contributed by atoms with Crippen molar-refractivity contribution in [3.05, 3.63) is 52.3 Å². The van der Waals surface area contributed by atoms with Crippen LogP contribution >= 0.6 is 23.2 Å². The zero-order chi connectivity index (χ0) is 18.8. The Hall–Kier alpha value is -1.56. The summed E-state index contributed by atoms with van der Waals surface area (Å²) in [6.45, 7) is 6.25. The van der Waals surface area contributed by atoms with Crippen molar-refractivity contribution in [2.75, 3.05) is 19.6 Å². The number of halogens is 2. The molecule has 1 amide bonds. The normalized spacial score (nSPS) is 17.1. The first-order valence-corrected chi connectivity index (χ1v) is 9.55. The maximum atomic E-state index is 13.2. The summed E-state index contributed by atoms with van der Waals surface area (Å²) in [5.41, 5.74) is 0.121. The van der Waals surface area contributed by atoms with Gasteiger partial charge in [0.05, 0.1) is 10.0 Å². The highest BCUT2D eigenvalue weighted by Crippen LogP contribution is 2.31. The average molecular weight is 395 g/mol. The van der Waals surface area contributed by atoms with Crippen LogP contribution in [0.15, 0.2) is 36.7 Å². The lowest BCUT2D eigenvalue weighted by Crippen LogP contribution is -2.56. The van der Waals surface area contributed by atoms with E-state index in [-0.39, 0.29) is 11.3 Å². The molecule has 0 unspecified atom stereocenters. The third-order valence-corrected chi connectivity index (χ3v) is 5.93. The number of amides is 1. The second kappa shape index (κ2) is 7.59. The molecule has 1 saturated heterocycles. The SMILES string of the molecule is CC(C)(CNC(=O)C1(n2cccn2)CCNCC1)c1ccc(Cl)c(Cl)c1. The van der Waals surface area contributed by atoms with E-state index in [9.17, 15) is 4.79 Å². The van der Waals surface area contributed by atoms with Crippen molar-refractivity contribution in [3.63, 3.8) is 0 Å². The summed E-state index contributed by atoms with van der Waals surface area (Å²) < 4.78 is 1.80. The van der Waals surface area contributed by atoms with Gasteiger partial charge in [-0.1, -0.05) is 43.1 Å². The molecule has 1 aliphatic rings. The molecule has 0 atom stereocenters. The Balaban J connectivity index is 1.76. The van der Waals surface area contributed by atoms with Crippen molar-refractivity contribution in [2.24, 2.45) is 0 Å². The second-order valence-electron chi connectivity index (χ2n) is 7.43. The Bertz CT molecular complexity index is 768. The maximum Gasteiger partial charge on any atom is 0.248 e. The quantitative estimate of drug-likeness (QED) is 0.816. The first-order valence-electron chi connectivity index (χ1n) is 8.80. The minimum Gasteiger partial charge on any atom is -0.353 e. The fourth-order valence-electron chi connectivity index (χ4n) is 3.41. The molecule has 7 heteroatoms. The number of rotatable bonds is 5. The molecular weight excluding hydrogens is 371 g/mol. The van der Waals surface area contributed by atoms with Gasteiger partial charge in [0, 0.05) is 24.4 Å². The molecule has 1 aromatic carbocycles. The van der Waals surface area contributed by atoms with Crippen molar-refractivity contribution < 1.29 is 4.79 Å². The molecule has 2 heterocycles. The molecule has 2 N–H and O–H groups in total. The van der Waals surface area contributed by atoms with Gasteiger partial charge in [0.2, 0.25) is 5.91 Å². The third-order valence-electron chi connectivity index (χ3n) is 5.19. The summed E-state index contributed by atoms with van der Waals surface area (Å²) in [5, 5.41) is 11.9. The number of nitrogens with one attached hydrogen (secondary N) is 2. The Kier molecular flexibility index (Phi) is 5.61. The average Bonchev–Trinajstić information content (AvgIpc) is 3.17. The molecule has 1 aromatic heterocycles. The monoisotopic (exact) mass is 394 g/mol. The Morgan fingerprint density at radius 1 is 1.31 bits per heavy atom. The fraction of sp³-hybridized carbons (Fsp3) is 0.474. The zero-order valence-corrected chi connectivity index (χ0v) is 16.6. The third kappa shape index (κ3) is 3.75. The molecule has 2 aromatic rings. The molecule has 0 radical (unpaired) electrons. The van der Waals surface area contributed by atoms with Crippen LogP contribution in [0.1, 0.15) is 32.3 Å². The van der Waals surface area contributed by atoms with Crippen LogP contribution in [0.5, 0.6) is 0 Å². The summed E-state index contributed by atoms with van der Waals surface area (Å²) in [7, 11) is 0. The molecule has 0 spiro atoms.